The zero-order valence-corrected chi connectivity index (χ0v) is 28.7. The highest BCUT2D eigenvalue weighted by molar-refractivity contribution is 7.09. The van der Waals surface area contributed by atoms with E-state index >= 15 is 0 Å². The molecule has 46 heavy (non-hydrogen) atoms. The van der Waals surface area contributed by atoms with Crippen LogP contribution in [0.25, 0.3) is 0 Å². The number of nitrogens with zero attached hydrogens (tertiary/aromatic N) is 3. The van der Waals surface area contributed by atoms with E-state index in [1.54, 1.807) is 14.2 Å². The second-order valence-electron chi connectivity index (χ2n) is 13.4. The van der Waals surface area contributed by atoms with Crippen molar-refractivity contribution >= 4 is 23.2 Å². The lowest BCUT2D eigenvalue weighted by atomic mass is 9.73. The van der Waals surface area contributed by atoms with E-state index in [9.17, 15) is 9.59 Å². The van der Waals surface area contributed by atoms with E-state index in [1.165, 1.54) is 28.9 Å². The van der Waals surface area contributed by atoms with Gasteiger partial charge >= 0.3 is 0 Å². The second kappa shape index (κ2) is 16.1. The highest BCUT2D eigenvalue weighted by Crippen LogP contribution is 2.41. The van der Waals surface area contributed by atoms with Crippen molar-refractivity contribution in [1.29, 1.82) is 0 Å². The van der Waals surface area contributed by atoms with Crippen LogP contribution >= 0.6 is 11.3 Å². The lowest BCUT2D eigenvalue weighted by Crippen LogP contribution is -2.58. The summed E-state index contributed by atoms with van der Waals surface area (Å²) >= 11 is 1.51. The molecule has 1 atom stereocenters. The zero-order chi connectivity index (χ0) is 32.6. The van der Waals surface area contributed by atoms with Gasteiger partial charge in [0.1, 0.15) is 5.69 Å². The number of thiazole rings is 1. The molecule has 1 saturated carbocycles. The normalized spacial score (nSPS) is 20.7. The number of hydrogen-bond acceptors (Lipinski definition) is 9. The quantitative estimate of drug-likeness (QED) is 0.291. The fourth-order valence-electron chi connectivity index (χ4n) is 7.66. The summed E-state index contributed by atoms with van der Waals surface area (Å²) in [7, 11) is 3.25. The van der Waals surface area contributed by atoms with Crippen LogP contribution < -0.4 is 5.73 Å². The average Bonchev–Trinajstić information content (AvgIpc) is 3.51. The minimum Gasteiger partial charge on any atom is -0.374 e. The van der Waals surface area contributed by atoms with Gasteiger partial charge in [0.15, 0.2) is 6.29 Å². The number of benzene rings is 1. The van der Waals surface area contributed by atoms with Crippen molar-refractivity contribution in [1.82, 2.24) is 14.8 Å². The van der Waals surface area contributed by atoms with Gasteiger partial charge in [-0.3, -0.25) is 14.5 Å². The molecule has 2 saturated heterocycles. The lowest BCUT2D eigenvalue weighted by molar-refractivity contribution is -0.183. The van der Waals surface area contributed by atoms with Gasteiger partial charge in [-0.05, 0) is 56.1 Å². The molecular weight excluding hydrogens is 604 g/mol. The summed E-state index contributed by atoms with van der Waals surface area (Å²) in [5.41, 5.74) is 7.83. The first kappa shape index (κ1) is 34.9. The molecule has 0 radical (unpaired) electrons. The summed E-state index contributed by atoms with van der Waals surface area (Å²) in [5.74, 6) is -0.0995. The Kier molecular flexibility index (Phi) is 12.2. The van der Waals surface area contributed by atoms with Crippen LogP contribution in [0.15, 0.2) is 29.6 Å². The number of carbonyl (C=O) groups is 2. The van der Waals surface area contributed by atoms with Gasteiger partial charge in [-0.15, -0.1) is 11.3 Å². The summed E-state index contributed by atoms with van der Waals surface area (Å²) in [5, 5.41) is 2.77. The fourth-order valence-corrected chi connectivity index (χ4v) is 8.24. The number of methoxy groups -OCH3 is 2. The maximum absolute atomic E-state index is 13.1. The highest BCUT2D eigenvalue weighted by atomic mass is 32.1. The standard InChI is InChI=1S/C35H52N4O6S/c1-26-37-30(24-46-26)33(41)39-17-19-44-34(25-39)13-15-38(16-14-34)23-28-9-7-8-27(20-28)12-18-45-35(21-31(36)40,22-32(42-2)43-3)29-10-5-4-6-11-29/h7-9,20,24,29,32H,4-6,10-19,21-23,25H2,1-3H3,(H2,36,40). The van der Waals surface area contributed by atoms with Crippen molar-refractivity contribution in [3.05, 3.63) is 51.5 Å². The molecule has 3 fully saturated rings. The molecular formula is C35H52N4O6S. The topological polar surface area (TPSA) is 116 Å². The highest BCUT2D eigenvalue weighted by Gasteiger charge is 2.44. The van der Waals surface area contributed by atoms with E-state index in [2.05, 4.69) is 34.1 Å². The molecule has 1 spiro atoms. The van der Waals surface area contributed by atoms with Gasteiger partial charge in [-0.1, -0.05) is 43.5 Å². The number of amides is 2. The summed E-state index contributed by atoms with van der Waals surface area (Å²) in [6.07, 6.45) is 8.23. The number of carbonyl (C=O) groups excluding carboxylic acids is 2. The van der Waals surface area contributed by atoms with Crippen LogP contribution in [0.4, 0.5) is 0 Å². The minimum atomic E-state index is -0.704. The molecule has 2 aromatic rings. The average molecular weight is 657 g/mol. The van der Waals surface area contributed by atoms with E-state index in [0.717, 1.165) is 69.6 Å². The van der Waals surface area contributed by atoms with Crippen LogP contribution in [0.2, 0.25) is 0 Å². The maximum Gasteiger partial charge on any atom is 0.273 e. The number of rotatable bonds is 14. The number of nitrogens with two attached hydrogens (primary N) is 1. The number of ether oxygens (including phenoxy) is 4. The number of primary amides is 1. The Bertz CT molecular complexity index is 1290. The smallest absolute Gasteiger partial charge is 0.273 e. The summed E-state index contributed by atoms with van der Waals surface area (Å²) < 4.78 is 24.2. The van der Waals surface area contributed by atoms with Gasteiger partial charge < -0.3 is 29.6 Å². The lowest BCUT2D eigenvalue weighted by Gasteiger charge is -2.47. The first-order chi connectivity index (χ1) is 22.2. The zero-order valence-electron chi connectivity index (χ0n) is 27.8. The van der Waals surface area contributed by atoms with Crippen molar-refractivity contribution in [2.75, 3.05) is 53.6 Å². The fraction of sp³-hybridized carbons (Fsp3) is 0.686. The van der Waals surface area contributed by atoms with Crippen LogP contribution in [0.5, 0.6) is 0 Å². The molecule has 1 aliphatic carbocycles. The summed E-state index contributed by atoms with van der Waals surface area (Å²) in [6, 6.07) is 8.72. The van der Waals surface area contributed by atoms with Gasteiger partial charge in [0.2, 0.25) is 5.91 Å². The molecule has 1 aromatic heterocycles. The Balaban J connectivity index is 1.16. The van der Waals surface area contributed by atoms with Crippen molar-refractivity contribution in [3.63, 3.8) is 0 Å². The number of piperidine rings is 1. The maximum atomic E-state index is 13.1. The van der Waals surface area contributed by atoms with Gasteiger partial charge in [0.05, 0.1) is 42.4 Å². The van der Waals surface area contributed by atoms with Gasteiger partial charge in [0.25, 0.3) is 5.91 Å². The van der Waals surface area contributed by atoms with Gasteiger partial charge in [0, 0.05) is 52.2 Å². The third-order valence-corrected chi connectivity index (χ3v) is 11.0. The number of morpholine rings is 1. The molecule has 11 heteroatoms. The minimum absolute atomic E-state index is 0.0121. The third-order valence-electron chi connectivity index (χ3n) is 10.2. The van der Waals surface area contributed by atoms with Crippen molar-refractivity contribution in [2.45, 2.75) is 95.2 Å². The van der Waals surface area contributed by atoms with Gasteiger partial charge in [-0.2, -0.15) is 0 Å². The predicted molar refractivity (Wildman–Crippen MR) is 178 cm³/mol. The van der Waals surface area contributed by atoms with Crippen LogP contribution in [-0.4, -0.2) is 97.7 Å². The molecule has 1 unspecified atom stereocenters. The van der Waals surface area contributed by atoms with Crippen LogP contribution in [0, 0.1) is 12.8 Å². The van der Waals surface area contributed by atoms with Crippen LogP contribution in [-0.2, 0) is 36.7 Å². The SMILES string of the molecule is COC(CC(CC(N)=O)(OCCc1cccc(CN2CCC3(CC2)CN(C(=O)c2csc(C)n2)CCO3)c1)C1CCCCC1)OC. The summed E-state index contributed by atoms with van der Waals surface area (Å²) in [6.45, 7) is 6.93. The number of aryl methyl sites for hydroxylation is 1. The first-order valence-corrected chi connectivity index (χ1v) is 17.7. The largest absolute Gasteiger partial charge is 0.374 e. The number of hydrogen-bond donors (Lipinski definition) is 1. The Morgan fingerprint density at radius 1 is 1.13 bits per heavy atom. The van der Waals surface area contributed by atoms with E-state index in [1.807, 2.05) is 17.2 Å². The molecule has 254 valence electrons. The first-order valence-electron chi connectivity index (χ1n) is 16.9. The van der Waals surface area contributed by atoms with Crippen LogP contribution in [0.1, 0.15) is 84.4 Å². The second-order valence-corrected chi connectivity index (χ2v) is 14.4. The molecule has 0 bridgehead atoms. The summed E-state index contributed by atoms with van der Waals surface area (Å²) in [4.78, 5) is 34.2. The Hall–Kier alpha value is -2.41. The Morgan fingerprint density at radius 3 is 2.54 bits per heavy atom. The van der Waals surface area contributed by atoms with Crippen molar-refractivity contribution in [2.24, 2.45) is 11.7 Å². The molecule has 2 amide bonds. The van der Waals surface area contributed by atoms with Crippen molar-refractivity contribution in [3.8, 4) is 0 Å². The molecule has 2 N–H and O–H groups in total. The number of aromatic nitrogens is 1. The molecule has 2 aliphatic heterocycles. The van der Waals surface area contributed by atoms with E-state index in [4.69, 9.17) is 24.7 Å². The predicted octanol–water partition coefficient (Wildman–Crippen LogP) is 4.72. The number of likely N-dealkylation sites (tertiary alicyclic amines) is 1. The third kappa shape index (κ3) is 8.93. The van der Waals surface area contributed by atoms with Gasteiger partial charge in [-0.25, -0.2) is 4.98 Å². The van der Waals surface area contributed by atoms with E-state index in [0.29, 0.717) is 38.4 Å². The molecule has 1 aromatic carbocycles. The molecule has 3 heterocycles. The van der Waals surface area contributed by atoms with Crippen LogP contribution in [0.3, 0.4) is 0 Å². The molecule has 5 rings (SSSR count). The Labute approximate surface area is 277 Å². The van der Waals surface area contributed by atoms with E-state index in [-0.39, 0.29) is 29.8 Å². The molecule has 10 nitrogen and oxygen atoms in total. The molecule has 3 aliphatic rings. The Morgan fingerprint density at radius 2 is 1.87 bits per heavy atom. The monoisotopic (exact) mass is 656 g/mol. The van der Waals surface area contributed by atoms with E-state index < -0.39 is 11.9 Å². The van der Waals surface area contributed by atoms with Crippen molar-refractivity contribution < 1.29 is 28.5 Å².